The summed E-state index contributed by atoms with van der Waals surface area (Å²) in [6.07, 6.45) is 0. The maximum Gasteiger partial charge on any atom is 0.295 e. The molecule has 0 aromatic heterocycles. The molecule has 2 aromatic carbocycles. The Balaban J connectivity index is 1.72. The quantitative estimate of drug-likeness (QED) is 0.457. The monoisotopic (exact) mass is 420 g/mol. The zero-order chi connectivity index (χ0) is 22.0. The van der Waals surface area contributed by atoms with Gasteiger partial charge in [0.2, 0.25) is 0 Å². The van der Waals surface area contributed by atoms with Crippen LogP contribution in [0.5, 0.6) is 0 Å². The number of nitrogens with zero attached hydrogens (tertiary/aromatic N) is 2. The molecule has 6 heteroatoms. The number of aliphatic hydroxyl groups is 1. The molecule has 162 valence electrons. The predicted octanol–water partition coefficient (Wildman–Crippen LogP) is 3.06. The van der Waals surface area contributed by atoms with Gasteiger partial charge in [-0.15, -0.1) is 0 Å². The van der Waals surface area contributed by atoms with Crippen molar-refractivity contribution < 1.29 is 19.4 Å². The Morgan fingerprint density at radius 1 is 0.935 bits per heavy atom. The molecule has 2 aromatic rings. The Morgan fingerprint density at radius 2 is 1.52 bits per heavy atom. The van der Waals surface area contributed by atoms with Crippen LogP contribution in [0.15, 0.2) is 54.1 Å². The van der Waals surface area contributed by atoms with Crippen molar-refractivity contribution in [2.45, 2.75) is 19.9 Å². The lowest BCUT2D eigenvalue weighted by Gasteiger charge is -2.31. The number of ketones is 1. The molecule has 0 unspecified atom stereocenters. The maximum atomic E-state index is 13.1. The van der Waals surface area contributed by atoms with E-state index in [-0.39, 0.29) is 11.3 Å². The number of ether oxygens (including phenoxy) is 1. The van der Waals surface area contributed by atoms with Crippen molar-refractivity contribution in [1.82, 2.24) is 9.80 Å². The minimum absolute atomic E-state index is 0.127. The maximum absolute atomic E-state index is 13.1. The molecular formula is C25H28N2O4. The van der Waals surface area contributed by atoms with Crippen LogP contribution in [0, 0.1) is 13.8 Å². The van der Waals surface area contributed by atoms with Crippen LogP contribution in [-0.4, -0.2) is 66.0 Å². The third-order valence-corrected chi connectivity index (χ3v) is 6.02. The van der Waals surface area contributed by atoms with E-state index < -0.39 is 17.7 Å². The van der Waals surface area contributed by atoms with Gasteiger partial charge in [0.15, 0.2) is 0 Å². The van der Waals surface area contributed by atoms with Crippen LogP contribution < -0.4 is 0 Å². The normalized spacial score (nSPS) is 21.6. The standard InChI is InChI=1S/C25H28N2O4/c1-17-3-7-19(8-4-17)22-21(23(28)20-9-5-18(2)6-10-20)24(29)25(30)27(22)12-11-26-13-15-31-16-14-26/h3-10,22,28H,11-16H2,1-2H3/t22-/m1/s1. The van der Waals surface area contributed by atoms with Gasteiger partial charge in [-0.3, -0.25) is 14.5 Å². The Morgan fingerprint density at radius 3 is 2.13 bits per heavy atom. The Hall–Kier alpha value is -2.96. The minimum atomic E-state index is -0.634. The number of likely N-dealkylation sites (tertiary alicyclic amines) is 1. The largest absolute Gasteiger partial charge is 0.507 e. The first-order chi connectivity index (χ1) is 15.0. The van der Waals surface area contributed by atoms with Crippen LogP contribution in [-0.2, 0) is 14.3 Å². The number of morpholine rings is 1. The van der Waals surface area contributed by atoms with Gasteiger partial charge < -0.3 is 14.7 Å². The Bertz CT molecular complexity index is 989. The highest BCUT2D eigenvalue weighted by molar-refractivity contribution is 6.46. The van der Waals surface area contributed by atoms with E-state index >= 15 is 0 Å². The molecule has 1 amide bonds. The fourth-order valence-corrected chi connectivity index (χ4v) is 4.15. The zero-order valence-corrected chi connectivity index (χ0v) is 18.0. The fraction of sp³-hybridized carbons (Fsp3) is 0.360. The summed E-state index contributed by atoms with van der Waals surface area (Å²) in [6.45, 7) is 7.98. The highest BCUT2D eigenvalue weighted by Crippen LogP contribution is 2.39. The number of aryl methyl sites for hydroxylation is 2. The summed E-state index contributed by atoms with van der Waals surface area (Å²) < 4.78 is 5.40. The minimum Gasteiger partial charge on any atom is -0.507 e. The summed E-state index contributed by atoms with van der Waals surface area (Å²) in [7, 11) is 0. The zero-order valence-electron chi connectivity index (χ0n) is 18.0. The van der Waals surface area contributed by atoms with Crippen LogP contribution in [0.4, 0.5) is 0 Å². The van der Waals surface area contributed by atoms with E-state index in [0.29, 0.717) is 31.9 Å². The smallest absolute Gasteiger partial charge is 0.295 e. The fourth-order valence-electron chi connectivity index (χ4n) is 4.15. The third kappa shape index (κ3) is 4.40. The number of Topliss-reactive ketones (excluding diaryl/α,β-unsaturated/α-hetero) is 1. The summed E-state index contributed by atoms with van der Waals surface area (Å²) in [5.74, 6) is -1.32. The second-order valence-electron chi connectivity index (χ2n) is 8.22. The van der Waals surface area contributed by atoms with Gasteiger partial charge in [0.1, 0.15) is 5.76 Å². The second-order valence-corrected chi connectivity index (χ2v) is 8.22. The van der Waals surface area contributed by atoms with Gasteiger partial charge in [0.25, 0.3) is 11.7 Å². The van der Waals surface area contributed by atoms with Crippen LogP contribution >= 0.6 is 0 Å². The third-order valence-electron chi connectivity index (χ3n) is 6.02. The molecular weight excluding hydrogens is 392 g/mol. The van der Waals surface area contributed by atoms with Gasteiger partial charge in [-0.05, 0) is 19.4 Å². The number of amides is 1. The van der Waals surface area contributed by atoms with Crippen molar-refractivity contribution in [3.8, 4) is 0 Å². The van der Waals surface area contributed by atoms with Crippen molar-refractivity contribution in [2.75, 3.05) is 39.4 Å². The van der Waals surface area contributed by atoms with E-state index in [9.17, 15) is 14.7 Å². The van der Waals surface area contributed by atoms with E-state index in [1.165, 1.54) is 0 Å². The lowest BCUT2D eigenvalue weighted by Crippen LogP contribution is -2.42. The summed E-state index contributed by atoms with van der Waals surface area (Å²) >= 11 is 0. The molecule has 31 heavy (non-hydrogen) atoms. The molecule has 1 atom stereocenters. The lowest BCUT2D eigenvalue weighted by molar-refractivity contribution is -0.140. The molecule has 0 radical (unpaired) electrons. The molecule has 2 fully saturated rings. The van der Waals surface area contributed by atoms with Crippen LogP contribution in [0.1, 0.15) is 28.3 Å². The predicted molar refractivity (Wildman–Crippen MR) is 119 cm³/mol. The van der Waals surface area contributed by atoms with E-state index in [0.717, 1.165) is 29.8 Å². The first kappa shape index (κ1) is 21.3. The average molecular weight is 421 g/mol. The van der Waals surface area contributed by atoms with Crippen molar-refractivity contribution in [2.24, 2.45) is 0 Å². The number of hydrogen-bond acceptors (Lipinski definition) is 5. The van der Waals surface area contributed by atoms with Crippen molar-refractivity contribution >= 4 is 17.4 Å². The Labute approximate surface area is 182 Å². The van der Waals surface area contributed by atoms with Gasteiger partial charge in [-0.25, -0.2) is 0 Å². The van der Waals surface area contributed by atoms with E-state index in [4.69, 9.17) is 4.74 Å². The molecule has 0 bridgehead atoms. The number of benzene rings is 2. The van der Waals surface area contributed by atoms with Gasteiger partial charge in [-0.2, -0.15) is 0 Å². The molecule has 0 spiro atoms. The van der Waals surface area contributed by atoms with Crippen molar-refractivity contribution in [1.29, 1.82) is 0 Å². The summed E-state index contributed by atoms with van der Waals surface area (Å²) in [4.78, 5) is 29.9. The lowest BCUT2D eigenvalue weighted by atomic mass is 9.94. The van der Waals surface area contributed by atoms with Crippen molar-refractivity contribution in [3.63, 3.8) is 0 Å². The molecule has 2 aliphatic rings. The van der Waals surface area contributed by atoms with E-state index in [1.54, 1.807) is 17.0 Å². The first-order valence-electron chi connectivity index (χ1n) is 10.7. The molecule has 2 heterocycles. The van der Waals surface area contributed by atoms with Crippen LogP contribution in [0.2, 0.25) is 0 Å². The van der Waals surface area contributed by atoms with Crippen LogP contribution in [0.3, 0.4) is 0 Å². The molecule has 2 saturated heterocycles. The highest BCUT2D eigenvalue weighted by Gasteiger charge is 2.46. The van der Waals surface area contributed by atoms with E-state index in [1.807, 2.05) is 50.2 Å². The summed E-state index contributed by atoms with van der Waals surface area (Å²) in [6, 6.07) is 14.5. The van der Waals surface area contributed by atoms with Gasteiger partial charge in [0.05, 0.1) is 24.8 Å². The topological polar surface area (TPSA) is 70.1 Å². The number of rotatable bonds is 5. The van der Waals surface area contributed by atoms with Crippen molar-refractivity contribution in [3.05, 3.63) is 76.4 Å². The second kappa shape index (κ2) is 9.04. The number of aliphatic hydroxyl groups excluding tert-OH is 1. The van der Waals surface area contributed by atoms with Gasteiger partial charge >= 0.3 is 0 Å². The average Bonchev–Trinajstić information content (AvgIpc) is 3.04. The molecule has 6 nitrogen and oxygen atoms in total. The highest BCUT2D eigenvalue weighted by atomic mass is 16.5. The summed E-state index contributed by atoms with van der Waals surface area (Å²) in [5, 5.41) is 11.1. The molecule has 0 saturated carbocycles. The van der Waals surface area contributed by atoms with Gasteiger partial charge in [0, 0.05) is 31.7 Å². The SMILES string of the molecule is Cc1ccc(C(O)=C2C(=O)C(=O)N(CCN3CCOCC3)[C@@H]2c2ccc(C)cc2)cc1. The molecule has 4 rings (SSSR count). The van der Waals surface area contributed by atoms with Gasteiger partial charge in [-0.1, -0.05) is 59.7 Å². The van der Waals surface area contributed by atoms with Crippen LogP contribution in [0.25, 0.3) is 5.76 Å². The Kier molecular flexibility index (Phi) is 6.20. The summed E-state index contributed by atoms with van der Waals surface area (Å²) in [5.41, 5.74) is 3.65. The first-order valence-corrected chi connectivity index (χ1v) is 10.7. The van der Waals surface area contributed by atoms with E-state index in [2.05, 4.69) is 4.90 Å². The molecule has 0 aliphatic carbocycles. The molecule has 1 N–H and O–H groups in total. The number of carbonyl (C=O) groups excluding carboxylic acids is 2. The number of carbonyl (C=O) groups is 2. The number of hydrogen-bond donors (Lipinski definition) is 1. The molecule has 2 aliphatic heterocycles.